The number of amides is 1. The number of piperidine rings is 1. The fraction of sp³-hybridized carbons (Fsp3) is 0.632. The SMILES string of the molecule is CC(C(=O)NC1CCNC1)N1CCC(Cc2ccccc2)CC1. The molecule has 2 atom stereocenters. The minimum Gasteiger partial charge on any atom is -0.351 e. The molecule has 1 aromatic rings. The lowest BCUT2D eigenvalue weighted by Crippen LogP contribution is -2.51. The van der Waals surface area contributed by atoms with E-state index in [0.717, 1.165) is 38.5 Å². The maximum atomic E-state index is 12.4. The first kappa shape index (κ1) is 16.5. The number of likely N-dealkylation sites (tertiary alicyclic amines) is 1. The molecule has 2 fully saturated rings. The second kappa shape index (κ2) is 7.93. The second-order valence-electron chi connectivity index (χ2n) is 7.04. The van der Waals surface area contributed by atoms with E-state index in [1.165, 1.54) is 24.8 Å². The molecule has 2 unspecified atom stereocenters. The van der Waals surface area contributed by atoms with E-state index in [1.807, 2.05) is 0 Å². The zero-order valence-electron chi connectivity index (χ0n) is 14.1. The Bertz CT molecular complexity index is 491. The van der Waals surface area contributed by atoms with Crippen LogP contribution in [0, 0.1) is 5.92 Å². The zero-order chi connectivity index (χ0) is 16.1. The Labute approximate surface area is 139 Å². The van der Waals surface area contributed by atoms with E-state index in [9.17, 15) is 4.79 Å². The first-order valence-corrected chi connectivity index (χ1v) is 9.01. The van der Waals surface area contributed by atoms with Crippen molar-refractivity contribution >= 4 is 5.91 Å². The summed E-state index contributed by atoms with van der Waals surface area (Å²) >= 11 is 0. The van der Waals surface area contributed by atoms with Gasteiger partial charge >= 0.3 is 0 Å². The summed E-state index contributed by atoms with van der Waals surface area (Å²) in [5.41, 5.74) is 1.44. The highest BCUT2D eigenvalue weighted by Gasteiger charge is 2.28. The van der Waals surface area contributed by atoms with Crippen molar-refractivity contribution in [1.82, 2.24) is 15.5 Å². The summed E-state index contributed by atoms with van der Waals surface area (Å²) in [5.74, 6) is 0.947. The minimum atomic E-state index is -0.00623. The predicted octanol–water partition coefficient (Wildman–Crippen LogP) is 1.81. The van der Waals surface area contributed by atoms with Crippen LogP contribution < -0.4 is 10.6 Å². The van der Waals surface area contributed by atoms with Crippen LogP contribution in [0.1, 0.15) is 31.7 Å². The van der Waals surface area contributed by atoms with Gasteiger partial charge in [0.2, 0.25) is 5.91 Å². The molecule has 2 N–H and O–H groups in total. The summed E-state index contributed by atoms with van der Waals surface area (Å²) in [7, 11) is 0. The highest BCUT2D eigenvalue weighted by molar-refractivity contribution is 5.81. The average molecular weight is 315 g/mol. The van der Waals surface area contributed by atoms with Crippen molar-refractivity contribution in [2.75, 3.05) is 26.2 Å². The summed E-state index contributed by atoms with van der Waals surface area (Å²) in [6.07, 6.45) is 4.61. The Morgan fingerprint density at radius 1 is 1.26 bits per heavy atom. The van der Waals surface area contributed by atoms with Gasteiger partial charge < -0.3 is 10.6 Å². The molecule has 0 radical (unpaired) electrons. The zero-order valence-corrected chi connectivity index (χ0v) is 14.1. The van der Waals surface area contributed by atoms with Gasteiger partial charge in [0.25, 0.3) is 0 Å². The molecule has 1 amide bonds. The van der Waals surface area contributed by atoms with Gasteiger partial charge in [-0.2, -0.15) is 0 Å². The topological polar surface area (TPSA) is 44.4 Å². The largest absolute Gasteiger partial charge is 0.351 e. The van der Waals surface area contributed by atoms with Crippen LogP contribution in [-0.4, -0.2) is 49.1 Å². The molecule has 3 rings (SSSR count). The lowest BCUT2D eigenvalue weighted by atomic mass is 9.89. The van der Waals surface area contributed by atoms with Gasteiger partial charge in [-0.15, -0.1) is 0 Å². The van der Waals surface area contributed by atoms with Gasteiger partial charge in [-0.05, 0) is 63.7 Å². The van der Waals surface area contributed by atoms with Crippen molar-refractivity contribution in [2.45, 2.75) is 44.7 Å². The van der Waals surface area contributed by atoms with Crippen LogP contribution in [0.5, 0.6) is 0 Å². The highest BCUT2D eigenvalue weighted by Crippen LogP contribution is 2.23. The van der Waals surface area contributed by atoms with Crippen LogP contribution in [0.4, 0.5) is 0 Å². The molecule has 126 valence electrons. The first-order chi connectivity index (χ1) is 11.2. The van der Waals surface area contributed by atoms with E-state index < -0.39 is 0 Å². The van der Waals surface area contributed by atoms with E-state index in [1.54, 1.807) is 0 Å². The molecule has 0 aromatic heterocycles. The van der Waals surface area contributed by atoms with E-state index >= 15 is 0 Å². The molecule has 2 aliphatic rings. The van der Waals surface area contributed by atoms with E-state index in [0.29, 0.717) is 6.04 Å². The van der Waals surface area contributed by atoms with Crippen LogP contribution in [-0.2, 0) is 11.2 Å². The smallest absolute Gasteiger partial charge is 0.237 e. The number of rotatable bonds is 5. The van der Waals surface area contributed by atoms with Crippen molar-refractivity contribution in [3.05, 3.63) is 35.9 Å². The molecular weight excluding hydrogens is 286 g/mol. The van der Waals surface area contributed by atoms with Crippen molar-refractivity contribution in [2.24, 2.45) is 5.92 Å². The third kappa shape index (κ3) is 4.55. The molecule has 0 bridgehead atoms. The number of hydrogen-bond donors (Lipinski definition) is 2. The Hall–Kier alpha value is -1.39. The average Bonchev–Trinajstić information content (AvgIpc) is 3.09. The molecule has 2 aliphatic heterocycles. The molecule has 0 saturated carbocycles. The normalized spacial score (nSPS) is 24.5. The van der Waals surface area contributed by atoms with Crippen LogP contribution in [0.2, 0.25) is 0 Å². The van der Waals surface area contributed by atoms with Crippen LogP contribution >= 0.6 is 0 Å². The third-order valence-electron chi connectivity index (χ3n) is 5.35. The number of nitrogens with zero attached hydrogens (tertiary/aromatic N) is 1. The lowest BCUT2D eigenvalue weighted by molar-refractivity contribution is -0.127. The fourth-order valence-electron chi connectivity index (χ4n) is 3.76. The first-order valence-electron chi connectivity index (χ1n) is 9.01. The van der Waals surface area contributed by atoms with Crippen molar-refractivity contribution in [3.63, 3.8) is 0 Å². The number of carbonyl (C=O) groups is 1. The molecule has 4 heteroatoms. The Balaban J connectivity index is 1.43. The molecular formula is C19H29N3O. The molecule has 2 saturated heterocycles. The molecule has 0 aliphatic carbocycles. The van der Waals surface area contributed by atoms with Crippen LogP contribution in [0.15, 0.2) is 30.3 Å². The Kier molecular flexibility index (Phi) is 5.68. The van der Waals surface area contributed by atoms with Gasteiger partial charge in [0, 0.05) is 12.6 Å². The molecule has 4 nitrogen and oxygen atoms in total. The minimum absolute atomic E-state index is 0.00623. The number of benzene rings is 1. The number of hydrogen-bond acceptors (Lipinski definition) is 3. The molecule has 23 heavy (non-hydrogen) atoms. The van der Waals surface area contributed by atoms with Gasteiger partial charge in [-0.25, -0.2) is 0 Å². The molecule has 0 spiro atoms. The summed E-state index contributed by atoms with van der Waals surface area (Å²) < 4.78 is 0. The van der Waals surface area contributed by atoms with Gasteiger partial charge in [0.05, 0.1) is 6.04 Å². The summed E-state index contributed by atoms with van der Waals surface area (Å²) in [4.78, 5) is 14.7. The van der Waals surface area contributed by atoms with Crippen LogP contribution in [0.25, 0.3) is 0 Å². The fourth-order valence-corrected chi connectivity index (χ4v) is 3.76. The molecule has 2 heterocycles. The Morgan fingerprint density at radius 2 is 2.00 bits per heavy atom. The predicted molar refractivity (Wildman–Crippen MR) is 93.3 cm³/mol. The van der Waals surface area contributed by atoms with Crippen molar-refractivity contribution in [3.8, 4) is 0 Å². The second-order valence-corrected chi connectivity index (χ2v) is 7.04. The van der Waals surface area contributed by atoms with E-state index in [2.05, 4.69) is 52.8 Å². The Morgan fingerprint density at radius 3 is 2.65 bits per heavy atom. The van der Waals surface area contributed by atoms with E-state index in [-0.39, 0.29) is 11.9 Å². The summed E-state index contributed by atoms with van der Waals surface area (Å²) in [6.45, 7) is 6.06. The number of nitrogens with one attached hydrogen (secondary N) is 2. The van der Waals surface area contributed by atoms with Gasteiger partial charge in [-0.1, -0.05) is 30.3 Å². The standard InChI is InChI=1S/C19H29N3O/c1-15(19(23)21-18-7-10-20-14-18)22-11-8-17(9-12-22)13-16-5-3-2-4-6-16/h2-6,15,17-18,20H,7-14H2,1H3,(H,21,23). The summed E-state index contributed by atoms with van der Waals surface area (Å²) in [6, 6.07) is 11.1. The third-order valence-corrected chi connectivity index (χ3v) is 5.35. The highest BCUT2D eigenvalue weighted by atomic mass is 16.2. The van der Waals surface area contributed by atoms with Gasteiger partial charge in [0.1, 0.15) is 0 Å². The van der Waals surface area contributed by atoms with Crippen molar-refractivity contribution < 1.29 is 4.79 Å². The number of carbonyl (C=O) groups excluding carboxylic acids is 1. The lowest BCUT2D eigenvalue weighted by Gasteiger charge is -2.35. The molecule has 1 aromatic carbocycles. The van der Waals surface area contributed by atoms with Gasteiger partial charge in [0.15, 0.2) is 0 Å². The summed E-state index contributed by atoms with van der Waals surface area (Å²) in [5, 5.41) is 6.48. The maximum absolute atomic E-state index is 12.4. The quantitative estimate of drug-likeness (QED) is 0.871. The van der Waals surface area contributed by atoms with Crippen molar-refractivity contribution in [1.29, 1.82) is 0 Å². The van der Waals surface area contributed by atoms with Gasteiger partial charge in [-0.3, -0.25) is 9.69 Å². The van der Waals surface area contributed by atoms with E-state index in [4.69, 9.17) is 0 Å². The van der Waals surface area contributed by atoms with Crippen LogP contribution in [0.3, 0.4) is 0 Å². The maximum Gasteiger partial charge on any atom is 0.237 e. The monoisotopic (exact) mass is 315 g/mol.